The third kappa shape index (κ3) is 7.00. The Bertz CT molecular complexity index is 735. The molecule has 2 rings (SSSR count). The fraction of sp³-hybridized carbons (Fsp3) is 0.474. The fourth-order valence-corrected chi connectivity index (χ4v) is 2.69. The van der Waals surface area contributed by atoms with Crippen LogP contribution in [-0.4, -0.2) is 36.2 Å². The number of benzene rings is 1. The third-order valence-electron chi connectivity index (χ3n) is 4.29. The lowest BCUT2D eigenvalue weighted by molar-refractivity contribution is 0.386. The molecule has 0 bridgehead atoms. The van der Waals surface area contributed by atoms with Crippen molar-refractivity contribution in [2.75, 3.05) is 20.7 Å². The number of unbranched alkanes of at least 4 members (excludes halogenated alkanes) is 1. The summed E-state index contributed by atoms with van der Waals surface area (Å²) in [5.74, 6) is 1.62. The summed E-state index contributed by atoms with van der Waals surface area (Å²) in [7, 11) is 3.19. The Kier molecular flexibility index (Phi) is 10.1. The lowest BCUT2D eigenvalue weighted by Crippen LogP contribution is -2.39. The van der Waals surface area contributed by atoms with Crippen LogP contribution in [0.2, 0.25) is 0 Å². The molecule has 150 valence electrons. The number of aliphatic imine (C=N–C) groups is 1. The van der Waals surface area contributed by atoms with Crippen LogP contribution in [0.4, 0.5) is 4.39 Å². The standard InChI is InChI=1S/C19H28FN5O.HI/c1-14(16-7-8-18(26-4)17(20)13-16)24-19(21-3)23-9-5-6-11-25-12-10-22-15(25)2;/h7-8,10,12-14H,5-6,9,11H2,1-4H3,(H2,21,23,24);1H. The van der Waals surface area contributed by atoms with Gasteiger partial charge < -0.3 is 19.9 Å². The van der Waals surface area contributed by atoms with E-state index in [4.69, 9.17) is 4.74 Å². The molecule has 0 aliphatic heterocycles. The number of aryl methyl sites for hydroxylation is 2. The molecule has 1 atom stereocenters. The van der Waals surface area contributed by atoms with Crippen LogP contribution in [0.15, 0.2) is 35.6 Å². The molecule has 8 heteroatoms. The van der Waals surface area contributed by atoms with Gasteiger partial charge in [-0.25, -0.2) is 9.37 Å². The number of halogens is 2. The number of methoxy groups -OCH3 is 1. The third-order valence-corrected chi connectivity index (χ3v) is 4.29. The molecule has 0 spiro atoms. The van der Waals surface area contributed by atoms with E-state index in [2.05, 4.69) is 25.2 Å². The van der Waals surface area contributed by atoms with Crippen LogP contribution in [0, 0.1) is 12.7 Å². The molecule has 1 heterocycles. The number of aromatic nitrogens is 2. The molecule has 27 heavy (non-hydrogen) atoms. The number of hydrogen-bond donors (Lipinski definition) is 2. The van der Waals surface area contributed by atoms with Gasteiger partial charge in [0.25, 0.3) is 0 Å². The predicted octanol–water partition coefficient (Wildman–Crippen LogP) is 3.66. The monoisotopic (exact) mass is 489 g/mol. The summed E-state index contributed by atoms with van der Waals surface area (Å²) in [6.45, 7) is 5.75. The Morgan fingerprint density at radius 2 is 2.15 bits per heavy atom. The molecule has 0 saturated carbocycles. The number of nitrogens with one attached hydrogen (secondary N) is 2. The lowest BCUT2D eigenvalue weighted by Gasteiger charge is -2.19. The van der Waals surface area contributed by atoms with Crippen LogP contribution in [-0.2, 0) is 6.54 Å². The van der Waals surface area contributed by atoms with Crippen molar-refractivity contribution >= 4 is 29.9 Å². The molecule has 1 unspecified atom stereocenters. The minimum absolute atomic E-state index is 0. The highest BCUT2D eigenvalue weighted by atomic mass is 127. The Morgan fingerprint density at radius 3 is 2.74 bits per heavy atom. The van der Waals surface area contributed by atoms with Crippen molar-refractivity contribution in [1.29, 1.82) is 0 Å². The number of nitrogens with zero attached hydrogens (tertiary/aromatic N) is 3. The van der Waals surface area contributed by atoms with Gasteiger partial charge in [0.05, 0.1) is 13.2 Å². The van der Waals surface area contributed by atoms with Crippen LogP contribution < -0.4 is 15.4 Å². The van der Waals surface area contributed by atoms with Gasteiger partial charge >= 0.3 is 0 Å². The quantitative estimate of drug-likeness (QED) is 0.257. The maximum absolute atomic E-state index is 13.9. The zero-order valence-corrected chi connectivity index (χ0v) is 18.7. The molecule has 2 N–H and O–H groups in total. The molecule has 0 fully saturated rings. The van der Waals surface area contributed by atoms with E-state index in [0.29, 0.717) is 5.96 Å². The van der Waals surface area contributed by atoms with Crippen LogP contribution in [0.3, 0.4) is 0 Å². The maximum atomic E-state index is 13.9. The maximum Gasteiger partial charge on any atom is 0.191 e. The fourth-order valence-electron chi connectivity index (χ4n) is 2.69. The van der Waals surface area contributed by atoms with Gasteiger partial charge in [0.1, 0.15) is 5.82 Å². The summed E-state index contributed by atoms with van der Waals surface area (Å²) >= 11 is 0. The van der Waals surface area contributed by atoms with E-state index in [1.807, 2.05) is 32.3 Å². The van der Waals surface area contributed by atoms with Crippen molar-refractivity contribution in [2.24, 2.45) is 4.99 Å². The van der Waals surface area contributed by atoms with E-state index in [1.165, 1.54) is 13.2 Å². The smallest absolute Gasteiger partial charge is 0.191 e. The van der Waals surface area contributed by atoms with E-state index in [1.54, 1.807) is 13.1 Å². The molecule has 0 radical (unpaired) electrons. The predicted molar refractivity (Wildman–Crippen MR) is 117 cm³/mol. The van der Waals surface area contributed by atoms with E-state index in [9.17, 15) is 4.39 Å². The van der Waals surface area contributed by atoms with Crippen molar-refractivity contribution in [3.63, 3.8) is 0 Å². The Morgan fingerprint density at radius 1 is 1.37 bits per heavy atom. The van der Waals surface area contributed by atoms with Gasteiger partial charge in [0.15, 0.2) is 17.5 Å². The molecule has 0 amide bonds. The molecule has 0 aliphatic carbocycles. The van der Waals surface area contributed by atoms with Crippen molar-refractivity contribution in [1.82, 2.24) is 20.2 Å². The van der Waals surface area contributed by atoms with Gasteiger partial charge in [-0.1, -0.05) is 6.07 Å². The summed E-state index contributed by atoms with van der Waals surface area (Å²) in [6.07, 6.45) is 5.89. The first-order chi connectivity index (χ1) is 12.5. The highest BCUT2D eigenvalue weighted by molar-refractivity contribution is 14.0. The highest BCUT2D eigenvalue weighted by Crippen LogP contribution is 2.21. The highest BCUT2D eigenvalue weighted by Gasteiger charge is 2.11. The van der Waals surface area contributed by atoms with Crippen LogP contribution in [0.25, 0.3) is 0 Å². The summed E-state index contributed by atoms with van der Waals surface area (Å²) in [4.78, 5) is 8.45. The van der Waals surface area contributed by atoms with Gasteiger partial charge in [-0.15, -0.1) is 24.0 Å². The number of rotatable bonds is 8. The SMILES string of the molecule is CN=C(NCCCCn1ccnc1C)NC(C)c1ccc(OC)c(F)c1.I. The van der Waals surface area contributed by atoms with Gasteiger partial charge in [0, 0.05) is 32.5 Å². The number of ether oxygens (including phenoxy) is 1. The summed E-state index contributed by atoms with van der Waals surface area (Å²) in [6, 6.07) is 4.89. The molecule has 0 aliphatic rings. The van der Waals surface area contributed by atoms with Crippen LogP contribution in [0.5, 0.6) is 5.75 Å². The molecule has 0 saturated heterocycles. The Balaban J connectivity index is 0.00000364. The first kappa shape index (κ1) is 23.2. The van der Waals surface area contributed by atoms with Crippen molar-refractivity contribution in [3.8, 4) is 5.75 Å². The Labute approximate surface area is 177 Å². The minimum atomic E-state index is -0.364. The summed E-state index contributed by atoms with van der Waals surface area (Å²) in [5.41, 5.74) is 0.835. The van der Waals surface area contributed by atoms with Crippen molar-refractivity contribution < 1.29 is 9.13 Å². The summed E-state index contributed by atoms with van der Waals surface area (Å²) < 4.78 is 21.0. The second-order valence-electron chi connectivity index (χ2n) is 6.13. The minimum Gasteiger partial charge on any atom is -0.494 e. The van der Waals surface area contributed by atoms with E-state index < -0.39 is 0 Å². The topological polar surface area (TPSA) is 63.5 Å². The average Bonchev–Trinajstić information content (AvgIpc) is 3.05. The number of hydrogen-bond acceptors (Lipinski definition) is 3. The van der Waals surface area contributed by atoms with Gasteiger partial charge in [-0.3, -0.25) is 4.99 Å². The van der Waals surface area contributed by atoms with Crippen LogP contribution >= 0.6 is 24.0 Å². The van der Waals surface area contributed by atoms with Crippen LogP contribution in [0.1, 0.15) is 37.2 Å². The van der Waals surface area contributed by atoms with Crippen molar-refractivity contribution in [2.45, 2.75) is 39.3 Å². The first-order valence-electron chi connectivity index (χ1n) is 8.83. The first-order valence-corrected chi connectivity index (χ1v) is 8.83. The normalized spacial score (nSPS) is 12.3. The zero-order chi connectivity index (χ0) is 18.9. The number of guanidine groups is 1. The van der Waals surface area contributed by atoms with E-state index in [-0.39, 0.29) is 41.6 Å². The number of imidazole rings is 1. The van der Waals surface area contributed by atoms with Gasteiger partial charge in [-0.05, 0) is 44.4 Å². The van der Waals surface area contributed by atoms with Crippen molar-refractivity contribution in [3.05, 3.63) is 47.8 Å². The van der Waals surface area contributed by atoms with E-state index in [0.717, 1.165) is 37.3 Å². The summed E-state index contributed by atoms with van der Waals surface area (Å²) in [5, 5.41) is 6.57. The zero-order valence-electron chi connectivity index (χ0n) is 16.3. The lowest BCUT2D eigenvalue weighted by atomic mass is 10.1. The molecule has 6 nitrogen and oxygen atoms in total. The Hall–Kier alpha value is -1.84. The second-order valence-corrected chi connectivity index (χ2v) is 6.13. The average molecular weight is 489 g/mol. The van der Waals surface area contributed by atoms with Gasteiger partial charge in [-0.2, -0.15) is 0 Å². The molecule has 2 aromatic rings. The molecule has 1 aromatic carbocycles. The molecule has 1 aromatic heterocycles. The molecular formula is C19H29FIN5O. The second kappa shape index (κ2) is 11.8. The van der Waals surface area contributed by atoms with Gasteiger partial charge in [0.2, 0.25) is 0 Å². The largest absolute Gasteiger partial charge is 0.494 e. The molecular weight excluding hydrogens is 460 g/mol. The van der Waals surface area contributed by atoms with E-state index >= 15 is 0 Å².